The number of carbonyl (C=O) groups excluding carboxylic acids is 1. The molecule has 4 heterocycles. The molecule has 15 heteroatoms. The first-order valence-corrected chi connectivity index (χ1v) is 16.9. The minimum absolute atomic E-state index is 0.00957. The molecule has 1 N–H and O–H groups in total. The lowest BCUT2D eigenvalue weighted by molar-refractivity contribution is -0.0499. The molecule has 1 atom stereocenters. The number of anilines is 1. The highest BCUT2D eigenvalue weighted by molar-refractivity contribution is 7.90. The summed E-state index contributed by atoms with van der Waals surface area (Å²) in [6.07, 6.45) is 2.88. The number of urea groups is 1. The average Bonchev–Trinajstić information content (AvgIpc) is 3.49. The van der Waals surface area contributed by atoms with Crippen molar-refractivity contribution in [2.24, 2.45) is 0 Å². The summed E-state index contributed by atoms with van der Waals surface area (Å²) in [5.74, 6) is 0.847. The molecular formula is C34H35F2N7O5S. The lowest BCUT2D eigenvalue weighted by Gasteiger charge is -2.47. The van der Waals surface area contributed by atoms with Gasteiger partial charge in [-0.2, -0.15) is 8.78 Å². The largest absolute Gasteiger partial charge is 0.481 e. The SMILES string of the molecule is COc1cc(-c2cc3c(N4CCN(C(=O)N[C@@H](C)c5cccc(OC(F)F)c5)C(C)(C)C4)ncnc3n2S(=O)(=O)c2ccccc2)ccn1. The van der Waals surface area contributed by atoms with Crippen LogP contribution in [0.3, 0.4) is 0 Å². The van der Waals surface area contributed by atoms with Crippen molar-refractivity contribution in [1.82, 2.24) is 29.1 Å². The van der Waals surface area contributed by atoms with Crippen molar-refractivity contribution in [2.75, 3.05) is 31.6 Å². The van der Waals surface area contributed by atoms with E-state index in [0.717, 1.165) is 0 Å². The molecule has 0 radical (unpaired) electrons. The first kappa shape index (κ1) is 33.6. The monoisotopic (exact) mass is 691 g/mol. The molecule has 1 fully saturated rings. The molecule has 256 valence electrons. The number of amides is 2. The van der Waals surface area contributed by atoms with Crippen LogP contribution in [0.1, 0.15) is 32.4 Å². The standard InChI is InChI=1S/C34H35F2N7O5S/c1-22(23-9-8-10-25(17-23)48-32(35)36)40-33(44)42-16-15-41(20-34(42,2)3)30-27-19-28(24-13-14-37-29(18-24)47-4)43(31(27)39-21-38-30)49(45,46)26-11-6-5-7-12-26/h5-14,17-19,21-22,32H,15-16,20H2,1-4H3,(H,40,44)/t22-/m0/s1. The van der Waals surface area contributed by atoms with Crippen molar-refractivity contribution >= 4 is 32.9 Å². The van der Waals surface area contributed by atoms with Gasteiger partial charge in [-0.25, -0.2) is 32.1 Å². The van der Waals surface area contributed by atoms with E-state index in [1.807, 2.05) is 18.7 Å². The van der Waals surface area contributed by atoms with E-state index in [1.165, 1.54) is 41.7 Å². The van der Waals surface area contributed by atoms with Crippen LogP contribution in [0, 0.1) is 0 Å². The van der Waals surface area contributed by atoms with E-state index in [4.69, 9.17) is 4.74 Å². The zero-order valence-electron chi connectivity index (χ0n) is 27.2. The van der Waals surface area contributed by atoms with Gasteiger partial charge in [0, 0.05) is 37.5 Å². The van der Waals surface area contributed by atoms with Crippen molar-refractivity contribution in [3.63, 3.8) is 0 Å². The van der Waals surface area contributed by atoms with Gasteiger partial charge in [0.2, 0.25) is 5.88 Å². The smallest absolute Gasteiger partial charge is 0.387 e. The Morgan fingerprint density at radius 2 is 1.76 bits per heavy atom. The summed E-state index contributed by atoms with van der Waals surface area (Å²) < 4.78 is 64.9. The third-order valence-electron chi connectivity index (χ3n) is 8.43. The molecule has 12 nitrogen and oxygen atoms in total. The van der Waals surface area contributed by atoms with Crippen LogP contribution in [0.25, 0.3) is 22.3 Å². The van der Waals surface area contributed by atoms with Crippen molar-refractivity contribution in [2.45, 2.75) is 43.9 Å². The Kier molecular flexibility index (Phi) is 9.12. The van der Waals surface area contributed by atoms with Gasteiger partial charge in [0.1, 0.15) is 17.9 Å². The quantitative estimate of drug-likeness (QED) is 0.206. The van der Waals surface area contributed by atoms with Crippen LogP contribution in [-0.4, -0.2) is 77.2 Å². The maximum Gasteiger partial charge on any atom is 0.387 e. The Bertz CT molecular complexity index is 2090. The molecule has 1 aliphatic heterocycles. The van der Waals surface area contributed by atoms with Gasteiger partial charge in [0.15, 0.2) is 5.65 Å². The Hall–Kier alpha value is -5.31. The van der Waals surface area contributed by atoms with Gasteiger partial charge in [-0.1, -0.05) is 30.3 Å². The molecule has 0 unspecified atom stereocenters. The van der Waals surface area contributed by atoms with Gasteiger partial charge in [0.25, 0.3) is 10.0 Å². The Balaban J connectivity index is 1.32. The number of hydrogen-bond acceptors (Lipinski definition) is 9. The van der Waals surface area contributed by atoms with Crippen LogP contribution in [-0.2, 0) is 10.0 Å². The summed E-state index contributed by atoms with van der Waals surface area (Å²) in [5, 5.41) is 3.49. The normalized spacial score (nSPS) is 15.3. The minimum atomic E-state index is -4.11. The number of aromatic nitrogens is 4. The number of pyridine rings is 1. The minimum Gasteiger partial charge on any atom is -0.481 e. The number of rotatable bonds is 9. The topological polar surface area (TPSA) is 132 Å². The number of nitrogens with zero attached hydrogens (tertiary/aromatic N) is 6. The number of fused-ring (bicyclic) bond motifs is 1. The van der Waals surface area contributed by atoms with E-state index in [0.29, 0.717) is 53.5 Å². The van der Waals surface area contributed by atoms with Crippen molar-refractivity contribution in [3.8, 4) is 22.9 Å². The molecule has 2 amide bonds. The first-order valence-electron chi connectivity index (χ1n) is 15.4. The maximum absolute atomic E-state index is 14.2. The molecule has 1 saturated heterocycles. The molecule has 3 aromatic heterocycles. The summed E-state index contributed by atoms with van der Waals surface area (Å²) in [4.78, 5) is 30.6. The van der Waals surface area contributed by atoms with Gasteiger partial charge in [-0.15, -0.1) is 0 Å². The summed E-state index contributed by atoms with van der Waals surface area (Å²) in [6, 6.07) is 18.6. The number of nitrogens with one attached hydrogen (secondary N) is 1. The number of hydrogen-bond donors (Lipinski definition) is 1. The number of ether oxygens (including phenoxy) is 2. The van der Waals surface area contributed by atoms with Crippen LogP contribution < -0.4 is 19.7 Å². The van der Waals surface area contributed by atoms with Gasteiger partial charge in [-0.05, 0) is 62.7 Å². The Morgan fingerprint density at radius 1 is 0.980 bits per heavy atom. The van der Waals surface area contributed by atoms with E-state index in [2.05, 4.69) is 25.0 Å². The second-order valence-corrected chi connectivity index (χ2v) is 13.9. The number of piperazine rings is 1. The third-order valence-corrected chi connectivity index (χ3v) is 10.1. The van der Waals surface area contributed by atoms with Crippen LogP contribution in [0.15, 0.2) is 90.2 Å². The lowest BCUT2D eigenvalue weighted by atomic mass is 9.98. The third kappa shape index (κ3) is 6.70. The summed E-state index contributed by atoms with van der Waals surface area (Å²) in [6.45, 7) is 3.76. The molecule has 6 rings (SSSR count). The highest BCUT2D eigenvalue weighted by atomic mass is 32.2. The fourth-order valence-corrected chi connectivity index (χ4v) is 7.57. The van der Waals surface area contributed by atoms with Crippen LogP contribution in [0.4, 0.5) is 19.4 Å². The molecule has 0 saturated carbocycles. The van der Waals surface area contributed by atoms with E-state index in [9.17, 15) is 22.0 Å². The predicted octanol–water partition coefficient (Wildman–Crippen LogP) is 5.71. The van der Waals surface area contributed by atoms with Gasteiger partial charge in [-0.3, -0.25) is 0 Å². The Morgan fingerprint density at radius 3 is 2.47 bits per heavy atom. The van der Waals surface area contributed by atoms with Crippen LogP contribution in [0.2, 0.25) is 0 Å². The van der Waals surface area contributed by atoms with Crippen molar-refractivity contribution in [1.29, 1.82) is 0 Å². The molecule has 0 bridgehead atoms. The highest BCUT2D eigenvalue weighted by Crippen LogP contribution is 2.37. The number of carbonyl (C=O) groups is 1. The van der Waals surface area contributed by atoms with Gasteiger partial charge >= 0.3 is 12.6 Å². The molecule has 2 aromatic carbocycles. The van der Waals surface area contributed by atoms with Crippen molar-refractivity contribution in [3.05, 3.63) is 90.9 Å². The molecule has 0 aliphatic carbocycles. The average molecular weight is 692 g/mol. The van der Waals surface area contributed by atoms with Gasteiger partial charge in [0.05, 0.1) is 34.7 Å². The zero-order chi connectivity index (χ0) is 34.9. The number of methoxy groups -OCH3 is 1. The van der Waals surface area contributed by atoms with E-state index in [-0.39, 0.29) is 22.3 Å². The summed E-state index contributed by atoms with van der Waals surface area (Å²) >= 11 is 0. The summed E-state index contributed by atoms with van der Waals surface area (Å²) in [7, 11) is -2.63. The second kappa shape index (κ2) is 13.3. The van der Waals surface area contributed by atoms with Crippen LogP contribution in [0.5, 0.6) is 11.6 Å². The highest BCUT2D eigenvalue weighted by Gasteiger charge is 2.39. The fourth-order valence-electron chi connectivity index (χ4n) is 6.07. The second-order valence-electron chi connectivity index (χ2n) is 12.1. The van der Waals surface area contributed by atoms with Crippen molar-refractivity contribution < 1.29 is 31.5 Å². The van der Waals surface area contributed by atoms with E-state index >= 15 is 0 Å². The zero-order valence-corrected chi connectivity index (χ0v) is 28.1. The number of benzene rings is 2. The van der Waals surface area contributed by atoms with E-state index < -0.39 is 28.2 Å². The molecule has 1 aliphatic rings. The number of halogens is 2. The fraction of sp³-hybridized carbons (Fsp3) is 0.294. The predicted molar refractivity (Wildman–Crippen MR) is 179 cm³/mol. The molecule has 0 spiro atoms. The maximum atomic E-state index is 14.2. The molecular weight excluding hydrogens is 656 g/mol. The Labute approximate surface area is 282 Å². The molecule has 49 heavy (non-hydrogen) atoms. The lowest BCUT2D eigenvalue weighted by Crippen LogP contribution is -2.63. The van der Waals surface area contributed by atoms with Crippen LogP contribution >= 0.6 is 0 Å². The van der Waals surface area contributed by atoms with E-state index in [1.54, 1.807) is 66.6 Å². The molecule has 5 aromatic rings. The first-order chi connectivity index (χ1) is 23.4. The summed E-state index contributed by atoms with van der Waals surface area (Å²) in [5.41, 5.74) is 1.03. The number of alkyl halides is 2. The van der Waals surface area contributed by atoms with Gasteiger partial charge < -0.3 is 24.6 Å².